The van der Waals surface area contributed by atoms with Gasteiger partial charge in [-0.3, -0.25) is 0 Å². The predicted octanol–water partition coefficient (Wildman–Crippen LogP) is 24.2. The number of rotatable bonds is 56. The monoisotopic (exact) mass is 885 g/mol. The van der Waals surface area contributed by atoms with Crippen molar-refractivity contribution in [2.75, 3.05) is 0 Å². The lowest BCUT2D eigenvalue weighted by atomic mass is 9.83. The molecule has 0 N–H and O–H groups in total. The van der Waals surface area contributed by atoms with Gasteiger partial charge in [-0.15, -0.1) is 0 Å². The molecule has 0 saturated carbocycles. The maximum Gasteiger partial charge on any atom is -0.0414 e. The Hall–Kier alpha value is 0. The molecule has 0 aromatic heterocycles. The van der Waals surface area contributed by atoms with E-state index in [1.54, 1.807) is 12.8 Å². The van der Waals surface area contributed by atoms with Gasteiger partial charge in [0, 0.05) is 0 Å². The predicted molar refractivity (Wildman–Crippen MR) is 293 cm³/mol. The summed E-state index contributed by atoms with van der Waals surface area (Å²) in [5.74, 6) is 4.04. The fourth-order valence-corrected chi connectivity index (χ4v) is 11.3. The highest BCUT2D eigenvalue weighted by molar-refractivity contribution is 4.70. The van der Waals surface area contributed by atoms with Gasteiger partial charge < -0.3 is 0 Å². The summed E-state index contributed by atoms with van der Waals surface area (Å²) in [7, 11) is 0. The first-order chi connectivity index (χ1) is 31.1. The highest BCUT2D eigenvalue weighted by Gasteiger charge is 2.16. The summed E-state index contributed by atoms with van der Waals surface area (Å²) in [5.41, 5.74) is 0. The zero-order valence-electron chi connectivity index (χ0n) is 45.8. The van der Waals surface area contributed by atoms with E-state index in [4.69, 9.17) is 0 Å². The van der Waals surface area contributed by atoms with Crippen LogP contribution in [0.5, 0.6) is 0 Å². The van der Waals surface area contributed by atoms with E-state index in [1.165, 1.54) is 327 Å². The molecule has 63 heavy (non-hydrogen) atoms. The van der Waals surface area contributed by atoms with Crippen LogP contribution >= 0.6 is 0 Å². The van der Waals surface area contributed by atoms with E-state index < -0.39 is 0 Å². The van der Waals surface area contributed by atoms with E-state index in [-0.39, 0.29) is 0 Å². The van der Waals surface area contributed by atoms with Gasteiger partial charge in [0.25, 0.3) is 0 Å². The molecule has 0 bridgehead atoms. The molecule has 0 saturated heterocycles. The average Bonchev–Trinajstić information content (AvgIpc) is 3.29. The third kappa shape index (κ3) is 48.3. The van der Waals surface area contributed by atoms with E-state index in [0.717, 1.165) is 23.7 Å². The molecule has 0 radical (unpaired) electrons. The summed E-state index contributed by atoms with van der Waals surface area (Å²) in [4.78, 5) is 0. The van der Waals surface area contributed by atoms with Gasteiger partial charge in [0.2, 0.25) is 0 Å². The quantitative estimate of drug-likeness (QED) is 0.0534. The summed E-state index contributed by atoms with van der Waals surface area (Å²) >= 11 is 0. The van der Waals surface area contributed by atoms with Gasteiger partial charge in [-0.2, -0.15) is 0 Å². The van der Waals surface area contributed by atoms with Gasteiger partial charge in [0.1, 0.15) is 0 Å². The second-order valence-corrected chi connectivity index (χ2v) is 22.3. The van der Waals surface area contributed by atoms with Crippen LogP contribution in [0, 0.1) is 23.7 Å². The maximum atomic E-state index is 2.41. The van der Waals surface area contributed by atoms with Crippen molar-refractivity contribution in [1.82, 2.24) is 0 Å². The Morgan fingerprint density at radius 2 is 0.254 bits per heavy atom. The Morgan fingerprint density at radius 1 is 0.127 bits per heavy atom. The summed E-state index contributed by atoms with van der Waals surface area (Å²) in [6, 6.07) is 0. The molecule has 380 valence electrons. The van der Waals surface area contributed by atoms with Gasteiger partial charge in [-0.25, -0.2) is 0 Å². The van der Waals surface area contributed by atoms with Crippen LogP contribution in [-0.4, -0.2) is 0 Å². The fourth-order valence-electron chi connectivity index (χ4n) is 11.3. The lowest BCUT2D eigenvalue weighted by molar-refractivity contribution is 0.303. The van der Waals surface area contributed by atoms with Crippen molar-refractivity contribution in [1.29, 1.82) is 0 Å². The number of hydrogen-bond acceptors (Lipinski definition) is 0. The Labute approximate surface area is 403 Å². The lowest BCUT2D eigenvalue weighted by Crippen LogP contribution is -2.08. The highest BCUT2D eigenvalue weighted by atomic mass is 14.2. The van der Waals surface area contributed by atoms with Crippen molar-refractivity contribution >= 4 is 0 Å². The molecule has 0 heteroatoms. The number of unbranched alkanes of at least 4 members (excludes halogenated alkanes) is 34. The molecule has 0 rings (SSSR count). The summed E-state index contributed by atoms with van der Waals surface area (Å²) in [6.45, 7) is 14.2. The summed E-state index contributed by atoms with van der Waals surface area (Å²) in [6.07, 6.45) is 78.6. The molecule has 0 aliphatic carbocycles. The van der Waals surface area contributed by atoms with Crippen LogP contribution in [0.1, 0.15) is 382 Å². The Balaban J connectivity index is 5.16. The van der Waals surface area contributed by atoms with Gasteiger partial charge in [-0.1, -0.05) is 382 Å². The van der Waals surface area contributed by atoms with Gasteiger partial charge in [0.15, 0.2) is 0 Å². The topological polar surface area (TPSA) is 0 Å². The summed E-state index contributed by atoms with van der Waals surface area (Å²) < 4.78 is 0. The molecule has 0 aliphatic rings. The van der Waals surface area contributed by atoms with E-state index in [0.29, 0.717) is 0 Å². The van der Waals surface area contributed by atoms with E-state index in [9.17, 15) is 0 Å². The smallest absolute Gasteiger partial charge is 0.0414 e. The molecule has 0 fully saturated rings. The molecule has 0 aromatic carbocycles. The molecule has 0 amide bonds. The minimum atomic E-state index is 1.01. The van der Waals surface area contributed by atoms with Crippen LogP contribution < -0.4 is 0 Å². The van der Waals surface area contributed by atoms with E-state index in [1.807, 2.05) is 0 Å². The average molecular weight is 886 g/mol. The molecule has 0 spiro atoms. The van der Waals surface area contributed by atoms with Crippen LogP contribution in [-0.2, 0) is 0 Å². The second-order valence-electron chi connectivity index (χ2n) is 22.3. The van der Waals surface area contributed by atoms with E-state index >= 15 is 0 Å². The molecular weight excluding hydrogens is 757 g/mol. The highest BCUT2D eigenvalue weighted by Crippen LogP contribution is 2.32. The largest absolute Gasteiger partial charge is 0.0654 e. The first-order valence-electron chi connectivity index (χ1n) is 31.1. The first-order valence-corrected chi connectivity index (χ1v) is 31.1. The van der Waals surface area contributed by atoms with Crippen molar-refractivity contribution in [3.63, 3.8) is 0 Å². The lowest BCUT2D eigenvalue weighted by Gasteiger charge is -2.23. The van der Waals surface area contributed by atoms with Crippen molar-refractivity contribution in [2.24, 2.45) is 23.7 Å². The van der Waals surface area contributed by atoms with Gasteiger partial charge >= 0.3 is 0 Å². The van der Waals surface area contributed by atoms with Crippen molar-refractivity contribution < 1.29 is 0 Å². The Morgan fingerprint density at radius 3 is 0.429 bits per heavy atom. The first kappa shape index (κ1) is 63.0. The van der Waals surface area contributed by atoms with E-state index in [2.05, 4.69) is 41.5 Å². The Bertz CT molecular complexity index is 783. The van der Waals surface area contributed by atoms with Gasteiger partial charge in [0.05, 0.1) is 0 Å². The van der Waals surface area contributed by atoms with Crippen molar-refractivity contribution in [3.8, 4) is 0 Å². The minimum Gasteiger partial charge on any atom is -0.0654 e. The van der Waals surface area contributed by atoms with Crippen LogP contribution in [0.15, 0.2) is 0 Å². The molecule has 4 atom stereocenters. The maximum absolute atomic E-state index is 2.41. The van der Waals surface area contributed by atoms with Crippen LogP contribution in [0.25, 0.3) is 0 Å². The SMILES string of the molecule is CCCCCCCCCCCCC(CCCCCCCCCC)CCC(CCCCCCCCCC)CCCCCCC(CCCCCC)CCC(CCCC)CCCCCCC. The van der Waals surface area contributed by atoms with Crippen LogP contribution in [0.4, 0.5) is 0 Å². The third-order valence-electron chi connectivity index (χ3n) is 16.0. The zero-order chi connectivity index (χ0) is 45.8. The minimum absolute atomic E-state index is 1.01. The summed E-state index contributed by atoms with van der Waals surface area (Å²) in [5, 5.41) is 0. The molecule has 0 heterocycles. The normalized spacial score (nSPS) is 13.8. The van der Waals surface area contributed by atoms with Crippen molar-refractivity contribution in [2.45, 2.75) is 382 Å². The molecule has 0 aliphatic heterocycles. The van der Waals surface area contributed by atoms with Crippen LogP contribution in [0.2, 0.25) is 0 Å². The van der Waals surface area contributed by atoms with Crippen molar-refractivity contribution in [3.05, 3.63) is 0 Å². The zero-order valence-corrected chi connectivity index (χ0v) is 45.8. The Kier molecular flexibility index (Phi) is 54.6. The number of hydrogen-bond donors (Lipinski definition) is 0. The fraction of sp³-hybridized carbons (Fsp3) is 1.00. The second kappa shape index (κ2) is 54.6. The molecular formula is C63H128. The molecule has 0 nitrogen and oxygen atoms in total. The molecule has 4 unspecified atom stereocenters. The standard InChI is InChI=1S/C63H128/c1-7-13-19-24-27-30-31-34-38-45-52-62(51-43-36-32-28-25-20-14-8-2)58-59-63(53-44-37-33-29-26-21-15-9-3)55-47-40-39-46-54-61(49-41-23-17-11-5)57-56-60(48-18-12-6)50-42-35-22-16-10-4/h60-63H,7-59H2,1-6H3. The van der Waals surface area contributed by atoms with Crippen LogP contribution in [0.3, 0.4) is 0 Å². The van der Waals surface area contributed by atoms with Gasteiger partial charge in [-0.05, 0) is 23.7 Å². The molecule has 0 aromatic rings. The third-order valence-corrected chi connectivity index (χ3v) is 16.0.